The first-order valence-corrected chi connectivity index (χ1v) is 9.65. The molecular weight excluding hydrogens is 379 g/mol. The monoisotopic (exact) mass is 401 g/mol. The largest absolute Gasteiger partial charge is 0.417 e. The predicted octanol–water partition coefficient (Wildman–Crippen LogP) is 4.73. The van der Waals surface area contributed by atoms with E-state index in [2.05, 4.69) is 27.1 Å². The van der Waals surface area contributed by atoms with Crippen molar-refractivity contribution in [2.75, 3.05) is 37.6 Å². The van der Waals surface area contributed by atoms with Crippen LogP contribution in [0, 0.1) is 0 Å². The average Bonchev–Trinajstić information content (AvgIpc) is 3.22. The Kier molecular flexibility index (Phi) is 5.58. The highest BCUT2D eigenvalue weighted by Gasteiger charge is 2.34. The van der Waals surface area contributed by atoms with Gasteiger partial charge < -0.3 is 9.42 Å². The Balaban J connectivity index is 1.34. The second-order valence-electron chi connectivity index (χ2n) is 7.14. The molecule has 7 heteroatoms. The molecule has 4 rings (SSSR count). The fourth-order valence-corrected chi connectivity index (χ4v) is 3.65. The highest BCUT2D eigenvalue weighted by atomic mass is 19.4. The van der Waals surface area contributed by atoms with E-state index in [9.17, 15) is 13.2 Å². The minimum absolute atomic E-state index is 0.0477. The van der Waals surface area contributed by atoms with Gasteiger partial charge in [-0.05, 0) is 18.2 Å². The maximum absolute atomic E-state index is 13.2. The van der Waals surface area contributed by atoms with E-state index in [-0.39, 0.29) is 11.3 Å². The Bertz CT molecular complexity index is 932. The second-order valence-corrected chi connectivity index (χ2v) is 7.14. The van der Waals surface area contributed by atoms with Crippen LogP contribution < -0.4 is 4.90 Å². The highest BCUT2D eigenvalue weighted by molar-refractivity contribution is 5.64. The molecule has 2 heterocycles. The third-order valence-electron chi connectivity index (χ3n) is 5.24. The fraction of sp³-hybridized carbons (Fsp3) is 0.318. The Morgan fingerprint density at radius 2 is 1.59 bits per heavy atom. The molecule has 29 heavy (non-hydrogen) atoms. The fourth-order valence-electron chi connectivity index (χ4n) is 3.65. The summed E-state index contributed by atoms with van der Waals surface area (Å²) in [6.45, 7) is 4.56. The zero-order valence-corrected chi connectivity index (χ0v) is 15.9. The third-order valence-corrected chi connectivity index (χ3v) is 5.24. The number of halogens is 3. The van der Waals surface area contributed by atoms with Crippen molar-refractivity contribution in [2.45, 2.75) is 12.6 Å². The molecule has 3 aromatic rings. The number of alkyl halides is 3. The van der Waals surface area contributed by atoms with Gasteiger partial charge in [0.2, 0.25) is 0 Å². The smallest absolute Gasteiger partial charge is 0.369 e. The van der Waals surface area contributed by atoms with E-state index in [4.69, 9.17) is 4.52 Å². The van der Waals surface area contributed by atoms with Gasteiger partial charge in [-0.1, -0.05) is 41.6 Å². The molecule has 0 spiro atoms. The lowest BCUT2D eigenvalue weighted by Crippen LogP contribution is -2.46. The minimum Gasteiger partial charge on any atom is -0.369 e. The van der Waals surface area contributed by atoms with Gasteiger partial charge in [-0.3, -0.25) is 4.90 Å². The highest BCUT2D eigenvalue weighted by Crippen LogP contribution is 2.36. The summed E-state index contributed by atoms with van der Waals surface area (Å²) in [5.74, 6) is 0.600. The zero-order chi connectivity index (χ0) is 20.3. The van der Waals surface area contributed by atoms with E-state index in [1.54, 1.807) is 12.1 Å². The van der Waals surface area contributed by atoms with Crippen molar-refractivity contribution in [3.63, 3.8) is 0 Å². The van der Waals surface area contributed by atoms with Gasteiger partial charge in [0.15, 0.2) is 0 Å². The van der Waals surface area contributed by atoms with Gasteiger partial charge in [0.05, 0.1) is 5.56 Å². The van der Waals surface area contributed by atoms with E-state index in [1.165, 1.54) is 17.8 Å². The third kappa shape index (κ3) is 4.62. The SMILES string of the molecule is FC(F)(F)c1ccccc1-c1cc(CCN2CCN(c3ccccc3)CC2)on1. The summed E-state index contributed by atoms with van der Waals surface area (Å²) < 4.78 is 45.0. The molecule has 0 saturated carbocycles. The molecule has 1 saturated heterocycles. The van der Waals surface area contributed by atoms with Crippen LogP contribution in [0.15, 0.2) is 65.2 Å². The van der Waals surface area contributed by atoms with Gasteiger partial charge in [-0.15, -0.1) is 0 Å². The second kappa shape index (κ2) is 8.29. The minimum atomic E-state index is -4.42. The molecule has 0 unspecified atom stereocenters. The van der Waals surface area contributed by atoms with Gasteiger partial charge in [0.1, 0.15) is 11.5 Å². The molecular formula is C22H22F3N3O. The summed E-state index contributed by atoms with van der Waals surface area (Å²) in [7, 11) is 0. The van der Waals surface area contributed by atoms with Crippen molar-refractivity contribution >= 4 is 5.69 Å². The van der Waals surface area contributed by atoms with Crippen molar-refractivity contribution in [2.24, 2.45) is 0 Å². The molecule has 2 aromatic carbocycles. The topological polar surface area (TPSA) is 32.5 Å². The Morgan fingerprint density at radius 1 is 0.897 bits per heavy atom. The lowest BCUT2D eigenvalue weighted by molar-refractivity contribution is -0.137. The Morgan fingerprint density at radius 3 is 2.31 bits per heavy atom. The molecule has 1 fully saturated rings. The molecule has 1 aliphatic heterocycles. The van der Waals surface area contributed by atoms with Crippen LogP contribution in [0.5, 0.6) is 0 Å². The zero-order valence-electron chi connectivity index (χ0n) is 15.9. The number of para-hydroxylation sites is 1. The summed E-state index contributed by atoms with van der Waals surface area (Å²) in [6.07, 6.45) is -3.80. The van der Waals surface area contributed by atoms with Crippen LogP contribution >= 0.6 is 0 Å². The Labute approximate surface area is 167 Å². The van der Waals surface area contributed by atoms with Crippen LogP contribution in [0.25, 0.3) is 11.3 Å². The summed E-state index contributed by atoms with van der Waals surface area (Å²) in [4.78, 5) is 4.70. The summed E-state index contributed by atoms with van der Waals surface area (Å²) in [5, 5.41) is 3.87. The molecule has 4 nitrogen and oxygen atoms in total. The van der Waals surface area contributed by atoms with E-state index < -0.39 is 11.7 Å². The van der Waals surface area contributed by atoms with Gasteiger partial charge in [0.25, 0.3) is 0 Å². The predicted molar refractivity (Wildman–Crippen MR) is 106 cm³/mol. The van der Waals surface area contributed by atoms with E-state index in [1.807, 2.05) is 18.2 Å². The van der Waals surface area contributed by atoms with E-state index in [0.717, 1.165) is 38.8 Å². The number of piperazine rings is 1. The molecule has 152 valence electrons. The standard InChI is InChI=1S/C22H22F3N3O/c23-22(24,25)20-9-5-4-8-19(20)21-16-18(29-26-21)10-11-27-12-14-28(15-13-27)17-6-2-1-3-7-17/h1-9,16H,10-15H2. The van der Waals surface area contributed by atoms with Crippen LogP contribution in [0.1, 0.15) is 11.3 Å². The van der Waals surface area contributed by atoms with Crippen LogP contribution in [0.4, 0.5) is 18.9 Å². The first kappa shape index (κ1) is 19.5. The molecule has 0 bridgehead atoms. The number of rotatable bonds is 5. The summed E-state index contributed by atoms with van der Waals surface area (Å²) in [5.41, 5.74) is 0.806. The van der Waals surface area contributed by atoms with Gasteiger partial charge in [-0.2, -0.15) is 13.2 Å². The van der Waals surface area contributed by atoms with Crippen LogP contribution in [0.2, 0.25) is 0 Å². The quantitative estimate of drug-likeness (QED) is 0.619. The molecule has 1 aromatic heterocycles. The molecule has 1 aliphatic rings. The number of anilines is 1. The summed E-state index contributed by atoms with van der Waals surface area (Å²) in [6, 6.07) is 17.4. The van der Waals surface area contributed by atoms with Crippen molar-refractivity contribution in [3.8, 4) is 11.3 Å². The van der Waals surface area contributed by atoms with Crippen molar-refractivity contribution < 1.29 is 17.7 Å². The molecule has 0 atom stereocenters. The maximum Gasteiger partial charge on any atom is 0.417 e. The van der Waals surface area contributed by atoms with Gasteiger partial charge in [-0.25, -0.2) is 0 Å². The lowest BCUT2D eigenvalue weighted by atomic mass is 10.0. The molecule has 0 N–H and O–H groups in total. The first-order chi connectivity index (χ1) is 14.0. The lowest BCUT2D eigenvalue weighted by Gasteiger charge is -2.36. The molecule has 0 radical (unpaired) electrons. The average molecular weight is 401 g/mol. The maximum atomic E-state index is 13.2. The van der Waals surface area contributed by atoms with Crippen molar-refractivity contribution in [1.29, 1.82) is 0 Å². The number of benzene rings is 2. The van der Waals surface area contributed by atoms with Crippen molar-refractivity contribution in [3.05, 3.63) is 72.0 Å². The van der Waals surface area contributed by atoms with Gasteiger partial charge in [0, 0.05) is 56.5 Å². The number of aromatic nitrogens is 1. The molecule has 0 amide bonds. The van der Waals surface area contributed by atoms with Crippen molar-refractivity contribution in [1.82, 2.24) is 10.1 Å². The van der Waals surface area contributed by atoms with Crippen LogP contribution in [0.3, 0.4) is 0 Å². The van der Waals surface area contributed by atoms with Crippen LogP contribution in [-0.2, 0) is 12.6 Å². The Hall–Kier alpha value is -2.80. The first-order valence-electron chi connectivity index (χ1n) is 9.65. The normalized spacial score (nSPS) is 15.6. The van der Waals surface area contributed by atoms with E-state index >= 15 is 0 Å². The summed E-state index contributed by atoms with van der Waals surface area (Å²) >= 11 is 0. The number of hydrogen-bond donors (Lipinski definition) is 0. The van der Waals surface area contributed by atoms with Gasteiger partial charge >= 0.3 is 6.18 Å². The number of hydrogen-bond acceptors (Lipinski definition) is 4. The van der Waals surface area contributed by atoms with E-state index in [0.29, 0.717) is 12.2 Å². The van der Waals surface area contributed by atoms with Crippen LogP contribution in [-0.4, -0.2) is 42.8 Å². The molecule has 0 aliphatic carbocycles. The number of nitrogens with zero attached hydrogens (tertiary/aromatic N) is 3.